The summed E-state index contributed by atoms with van der Waals surface area (Å²) in [6.07, 6.45) is 0. The molecule has 0 aliphatic rings. The van der Waals surface area contributed by atoms with Crippen molar-refractivity contribution in [3.63, 3.8) is 0 Å². The van der Waals surface area contributed by atoms with Crippen LogP contribution in [0.4, 0.5) is 0 Å². The summed E-state index contributed by atoms with van der Waals surface area (Å²) < 4.78 is 0. The summed E-state index contributed by atoms with van der Waals surface area (Å²) in [5, 5.41) is 12.6. The molecule has 0 aromatic heterocycles. The van der Waals surface area contributed by atoms with Crippen LogP contribution in [-0.4, -0.2) is 0 Å². The van der Waals surface area contributed by atoms with E-state index in [-0.39, 0.29) is 78.0 Å². The third-order valence-electron chi connectivity index (χ3n) is 9.13. The zero-order valence-electron chi connectivity index (χ0n) is 38.2. The van der Waals surface area contributed by atoms with Crippen molar-refractivity contribution in [2.75, 3.05) is 0 Å². The molecule has 0 aliphatic heterocycles. The van der Waals surface area contributed by atoms with Crippen LogP contribution in [0.15, 0.2) is 273 Å². The summed E-state index contributed by atoms with van der Waals surface area (Å²) >= 11 is 0. The van der Waals surface area contributed by atoms with Crippen LogP contribution in [-0.2, 0) is 19.5 Å². The summed E-state index contributed by atoms with van der Waals surface area (Å²) in [6, 6.07) is 97.0. The molecule has 0 aliphatic carbocycles. The molecule has 0 unspecified atom stereocenters. The van der Waals surface area contributed by atoms with Gasteiger partial charge in [0.2, 0.25) is 0 Å². The summed E-state index contributed by atoms with van der Waals surface area (Å²) in [7, 11) is -1.34. The second-order valence-electron chi connectivity index (χ2n) is 13.0. The Hall–Kier alpha value is -3.47. The van der Waals surface area contributed by atoms with E-state index >= 15 is 0 Å². The SMILES string of the molecule is [H-].[H-].[H-].[H-].[H-].[K+].[Ru+4].c1ccc(P(c2ccccc2)c2ccccc2)cc1.c1ccc(P(c2ccccc2)c2ccccc2)cc1.c1ccc(P(c2ccccc2)c2ccccc2)cc1. The van der Waals surface area contributed by atoms with Gasteiger partial charge in [0, 0.05) is 0 Å². The molecule has 0 fully saturated rings. The van der Waals surface area contributed by atoms with Crippen molar-refractivity contribution in [3.8, 4) is 0 Å². The van der Waals surface area contributed by atoms with E-state index in [2.05, 4.69) is 273 Å². The molecule has 0 bridgehead atoms. The van der Waals surface area contributed by atoms with Crippen molar-refractivity contribution in [3.05, 3.63) is 273 Å². The number of rotatable bonds is 9. The van der Waals surface area contributed by atoms with Gasteiger partial charge in [-0.05, 0) is 71.5 Å². The fourth-order valence-corrected chi connectivity index (χ4v) is 13.5. The van der Waals surface area contributed by atoms with Crippen LogP contribution < -0.4 is 99.1 Å². The third kappa shape index (κ3) is 13.8. The van der Waals surface area contributed by atoms with Crippen molar-refractivity contribution in [1.29, 1.82) is 0 Å². The first kappa shape index (κ1) is 46.6. The molecular weight excluding hydrogens is 882 g/mol. The first-order chi connectivity index (χ1) is 28.3. The Bertz CT molecular complexity index is 1890. The molecule has 290 valence electrons. The van der Waals surface area contributed by atoms with Gasteiger partial charge in [-0.1, -0.05) is 273 Å². The fourth-order valence-electron chi connectivity index (χ4n) is 6.54. The summed E-state index contributed by atoms with van der Waals surface area (Å²) in [5.41, 5.74) is 0. The second-order valence-corrected chi connectivity index (χ2v) is 19.7. The maximum absolute atomic E-state index is 2.23. The summed E-state index contributed by atoms with van der Waals surface area (Å²) in [4.78, 5) is 0. The van der Waals surface area contributed by atoms with Crippen molar-refractivity contribution in [2.24, 2.45) is 0 Å². The van der Waals surface area contributed by atoms with E-state index in [1.807, 2.05) is 0 Å². The van der Waals surface area contributed by atoms with Crippen LogP contribution in [0.1, 0.15) is 7.13 Å². The van der Waals surface area contributed by atoms with Crippen molar-refractivity contribution in [2.45, 2.75) is 0 Å². The van der Waals surface area contributed by atoms with E-state index in [4.69, 9.17) is 0 Å². The minimum absolute atomic E-state index is 0. The number of hydrogen-bond acceptors (Lipinski definition) is 0. The van der Waals surface area contributed by atoms with E-state index in [1.54, 1.807) is 0 Å². The molecule has 9 rings (SSSR count). The zero-order valence-corrected chi connectivity index (χ0v) is 40.7. The second kappa shape index (κ2) is 26.0. The van der Waals surface area contributed by atoms with Crippen molar-refractivity contribution < 1.29 is 78.0 Å². The van der Waals surface area contributed by atoms with Gasteiger partial charge in [0.15, 0.2) is 0 Å². The minimum Gasteiger partial charge on any atom is -1.00 e. The fraction of sp³-hybridized carbons (Fsp3) is 0. The van der Waals surface area contributed by atoms with Crippen LogP contribution in [0, 0.1) is 0 Å². The van der Waals surface area contributed by atoms with Crippen molar-refractivity contribution in [1.82, 2.24) is 0 Å². The Morgan fingerprint density at radius 1 is 0.169 bits per heavy atom. The van der Waals surface area contributed by atoms with Gasteiger partial charge in [-0.25, -0.2) is 0 Å². The molecule has 0 N–H and O–H groups in total. The van der Waals surface area contributed by atoms with Crippen LogP contribution in [0.2, 0.25) is 0 Å². The van der Waals surface area contributed by atoms with E-state index in [0.717, 1.165) is 0 Å². The zero-order chi connectivity index (χ0) is 38.7. The molecule has 0 nitrogen and oxygen atoms in total. The van der Waals surface area contributed by atoms with Gasteiger partial charge in [0.25, 0.3) is 0 Å². The van der Waals surface area contributed by atoms with E-state index in [9.17, 15) is 0 Å². The normalized spacial score (nSPS) is 10.2. The van der Waals surface area contributed by atoms with E-state index in [0.29, 0.717) is 0 Å². The predicted octanol–water partition coefficient (Wildman–Crippen LogP) is 7.90. The van der Waals surface area contributed by atoms with Gasteiger partial charge >= 0.3 is 70.9 Å². The number of benzene rings is 9. The Morgan fingerprint density at radius 3 is 0.339 bits per heavy atom. The predicted molar refractivity (Wildman–Crippen MR) is 261 cm³/mol. The van der Waals surface area contributed by atoms with E-state index in [1.165, 1.54) is 47.7 Å². The molecule has 0 saturated heterocycles. The maximum Gasteiger partial charge on any atom is 4.00 e. The van der Waals surface area contributed by atoms with Gasteiger partial charge < -0.3 is 7.13 Å². The smallest absolute Gasteiger partial charge is 1.00 e. The van der Waals surface area contributed by atoms with Crippen LogP contribution in [0.5, 0.6) is 0 Å². The Balaban J connectivity index is 0.000000882. The van der Waals surface area contributed by atoms with Gasteiger partial charge in [0.1, 0.15) is 0 Å². The topological polar surface area (TPSA) is 0 Å². The molecule has 0 amide bonds. The average molecular weight is 932 g/mol. The van der Waals surface area contributed by atoms with Crippen molar-refractivity contribution >= 4 is 71.5 Å². The largest absolute Gasteiger partial charge is 4.00 e. The standard InChI is InChI=1S/3C18H15P.K.Ru.5H/c3*1-4-10-16(11-5-1)19(17-12-6-2-7-13-17)18-14-8-3-9-15-18;;;;;;;/h3*1-15H;;;;;;;/q;;;+1;+4;5*-1. The van der Waals surface area contributed by atoms with Gasteiger partial charge in [-0.15, -0.1) is 0 Å². The molecule has 5 heteroatoms. The van der Waals surface area contributed by atoms with E-state index < -0.39 is 23.8 Å². The monoisotopic (exact) mass is 932 g/mol. The Kier molecular flexibility index (Phi) is 20.5. The third-order valence-corrected chi connectivity index (χ3v) is 16.5. The average Bonchev–Trinajstić information content (AvgIpc) is 3.30. The quantitative estimate of drug-likeness (QED) is 0.102. The molecule has 0 radical (unpaired) electrons. The maximum atomic E-state index is 2.23. The van der Waals surface area contributed by atoms with Gasteiger partial charge in [-0.3, -0.25) is 0 Å². The van der Waals surface area contributed by atoms with Gasteiger partial charge in [0.05, 0.1) is 0 Å². The molecule has 59 heavy (non-hydrogen) atoms. The molecule has 0 heterocycles. The van der Waals surface area contributed by atoms with Crippen LogP contribution in [0.3, 0.4) is 0 Å². The van der Waals surface area contributed by atoms with Crippen LogP contribution >= 0.6 is 23.8 Å². The Labute approximate surface area is 418 Å². The van der Waals surface area contributed by atoms with Gasteiger partial charge in [-0.2, -0.15) is 0 Å². The minimum atomic E-state index is -0.446. The van der Waals surface area contributed by atoms with Crippen LogP contribution in [0.25, 0.3) is 0 Å². The molecular formula is C54H50KP3Ru. The molecule has 9 aromatic rings. The molecule has 0 spiro atoms. The molecule has 0 atom stereocenters. The molecule has 0 saturated carbocycles. The Morgan fingerprint density at radius 2 is 0.254 bits per heavy atom. The first-order valence-corrected chi connectivity index (χ1v) is 23.2. The summed E-state index contributed by atoms with van der Waals surface area (Å²) in [5.74, 6) is 0. The molecule has 9 aromatic carbocycles. The number of hydrogen-bond donors (Lipinski definition) is 0. The first-order valence-electron chi connectivity index (χ1n) is 19.2. The summed E-state index contributed by atoms with van der Waals surface area (Å²) in [6.45, 7) is 0.